The van der Waals surface area contributed by atoms with Crippen molar-refractivity contribution in [1.82, 2.24) is 0 Å². The number of quaternary nitrogens is 1. The van der Waals surface area contributed by atoms with Crippen molar-refractivity contribution in [3.8, 4) is 0 Å². The Morgan fingerprint density at radius 1 is 0.558 bits per heavy atom. The third kappa shape index (κ3) is 2.02. The third-order valence-corrected chi connectivity index (χ3v) is 13.7. The second kappa shape index (κ2) is 6.40. The van der Waals surface area contributed by atoms with Gasteiger partial charge in [-0.25, -0.2) is 0 Å². The van der Waals surface area contributed by atoms with Crippen molar-refractivity contribution in [3.05, 3.63) is 69.8 Å². The number of likely N-dealkylation sites (N-methyl/N-ethyl adjacent to an activating group) is 1. The fourth-order valence-electron chi connectivity index (χ4n) is 12.5. The molecule has 1 heterocycles. The molecule has 1 nitrogen and oxygen atoms in total. The Hall–Kier alpha value is -3.68. The van der Waals surface area contributed by atoms with Crippen LogP contribution in [0.25, 0.3) is 86.2 Å². The van der Waals surface area contributed by atoms with Crippen LogP contribution in [0.5, 0.6) is 0 Å². The second-order valence-corrected chi connectivity index (χ2v) is 15.9. The molecule has 206 valence electrons. The van der Waals surface area contributed by atoms with Gasteiger partial charge in [0.05, 0.1) is 26.7 Å². The van der Waals surface area contributed by atoms with Gasteiger partial charge in [0, 0.05) is 18.3 Å². The lowest BCUT2D eigenvalue weighted by Gasteiger charge is -2.35. The summed E-state index contributed by atoms with van der Waals surface area (Å²) in [5.41, 5.74) is 9.89. The lowest BCUT2D eigenvalue weighted by Crippen LogP contribution is -2.45. The number of hydrogen-bond donors (Lipinski definition) is 0. The Kier molecular flexibility index (Phi) is 3.26. The Morgan fingerprint density at radius 3 is 1.67 bits per heavy atom. The van der Waals surface area contributed by atoms with E-state index in [-0.39, 0.29) is 0 Å². The quantitative estimate of drug-likeness (QED) is 0.113. The summed E-state index contributed by atoms with van der Waals surface area (Å²) in [5.74, 6) is 1.27. The molecular weight excluding hydrogens is 518 g/mol. The number of benzene rings is 7. The zero-order valence-electron chi connectivity index (χ0n) is 25.3. The van der Waals surface area contributed by atoms with Crippen LogP contribution in [0.15, 0.2) is 36.4 Å². The maximum Gasteiger partial charge on any atom is 0.0964 e. The van der Waals surface area contributed by atoms with Gasteiger partial charge in [0.15, 0.2) is 0 Å². The maximum atomic E-state index is 2.77. The number of hydrogen-bond acceptors (Lipinski definition) is 0. The molecule has 3 unspecified atom stereocenters. The van der Waals surface area contributed by atoms with E-state index in [1.807, 2.05) is 0 Å². The molecule has 1 aliphatic heterocycles. The molecule has 1 saturated heterocycles. The van der Waals surface area contributed by atoms with Crippen LogP contribution >= 0.6 is 0 Å². The molecule has 13 rings (SSSR count). The maximum absolute atomic E-state index is 2.77. The number of nitrogens with zero attached hydrogens (tertiary/aromatic N) is 1. The minimum Gasteiger partial charge on any atom is -0.325 e. The molecule has 0 N–H and O–H groups in total. The van der Waals surface area contributed by atoms with Crippen molar-refractivity contribution >= 4 is 86.2 Å². The molecule has 0 aromatic heterocycles. The van der Waals surface area contributed by atoms with Gasteiger partial charge in [0.1, 0.15) is 0 Å². The molecule has 0 amide bonds. The van der Waals surface area contributed by atoms with Crippen LogP contribution in [-0.4, -0.2) is 31.2 Å². The number of unbranched alkanes of at least 4 members (excludes halogenated alkanes) is 3. The van der Waals surface area contributed by atoms with Gasteiger partial charge in [-0.15, -0.1) is 0 Å². The topological polar surface area (TPSA) is 0 Å². The van der Waals surface area contributed by atoms with Crippen LogP contribution in [0.1, 0.15) is 84.2 Å². The number of likely N-dealkylation sites (tertiary alicyclic amines) is 1. The van der Waals surface area contributed by atoms with Crippen LogP contribution in [0.3, 0.4) is 0 Å². The summed E-state index contributed by atoms with van der Waals surface area (Å²) in [6.07, 6.45) is 9.05. The summed E-state index contributed by atoms with van der Waals surface area (Å²) < 4.78 is 1.17. The predicted molar refractivity (Wildman–Crippen MR) is 183 cm³/mol. The lowest BCUT2D eigenvalue weighted by molar-refractivity contribution is -0.903. The summed E-state index contributed by atoms with van der Waals surface area (Å²) in [7, 11) is 5.13. The normalized spacial score (nSPS) is 23.4. The van der Waals surface area contributed by atoms with Gasteiger partial charge in [-0.2, -0.15) is 0 Å². The summed E-state index contributed by atoms with van der Waals surface area (Å²) in [6, 6.07) is 16.3. The highest BCUT2D eigenvalue weighted by Crippen LogP contribution is 2.66. The first-order valence-corrected chi connectivity index (χ1v) is 17.1. The molecule has 0 saturated carbocycles. The van der Waals surface area contributed by atoms with E-state index in [1.54, 1.807) is 109 Å². The van der Waals surface area contributed by atoms with Crippen LogP contribution in [-0.2, 0) is 12.8 Å². The fourth-order valence-corrected chi connectivity index (χ4v) is 12.5. The molecule has 1 heteroatoms. The minimum atomic E-state index is 0.631. The van der Waals surface area contributed by atoms with Crippen molar-refractivity contribution in [2.75, 3.05) is 20.6 Å². The Morgan fingerprint density at radius 2 is 1.07 bits per heavy atom. The molecule has 0 bridgehead atoms. The smallest absolute Gasteiger partial charge is 0.0964 e. The van der Waals surface area contributed by atoms with Gasteiger partial charge in [-0.05, 0) is 139 Å². The highest BCUT2D eigenvalue weighted by molar-refractivity contribution is 6.58. The molecule has 1 fully saturated rings. The highest BCUT2D eigenvalue weighted by atomic mass is 15.4. The first-order valence-electron chi connectivity index (χ1n) is 17.1. The van der Waals surface area contributed by atoms with E-state index in [0.29, 0.717) is 17.9 Å². The first-order chi connectivity index (χ1) is 21.0. The van der Waals surface area contributed by atoms with E-state index < -0.39 is 0 Å². The number of rotatable bonds is 5. The molecule has 9 aromatic rings. The molecular formula is C42H34N+. The van der Waals surface area contributed by atoms with Gasteiger partial charge >= 0.3 is 0 Å². The minimum absolute atomic E-state index is 0.631. The summed E-state index contributed by atoms with van der Waals surface area (Å²) in [5, 5.41) is 25.8. The summed E-state index contributed by atoms with van der Waals surface area (Å²) in [4.78, 5) is 0. The van der Waals surface area contributed by atoms with Crippen molar-refractivity contribution in [3.63, 3.8) is 0 Å². The van der Waals surface area contributed by atoms with E-state index >= 15 is 0 Å². The monoisotopic (exact) mass is 552 g/mol. The number of fused-ring (bicyclic) bond motifs is 3. The Labute approximate surface area is 250 Å². The fraction of sp³-hybridized carbons (Fsp3) is 0.333. The van der Waals surface area contributed by atoms with Crippen LogP contribution in [0.2, 0.25) is 0 Å². The standard InChI is InChI=1S/C42H34N/c1-4-5-6-7-8-27-34-25-16-23-14-21-12-19-10-9-18-11-20-13-22-15-24(26(34)17-43(27,2)3)35-36(25)40-33(23)31(21)38-29(19)28(18)37-30(20)32(22)39(35)42(40)41(37)38/h9-12,15-16,26-27,34H,4-8,13-14,17H2,1-3H3/q+1. The Balaban J connectivity index is 1.28. The second-order valence-electron chi connectivity index (χ2n) is 15.9. The van der Waals surface area contributed by atoms with Crippen molar-refractivity contribution < 1.29 is 4.48 Å². The van der Waals surface area contributed by atoms with Gasteiger partial charge in [0.25, 0.3) is 0 Å². The molecule has 0 spiro atoms. The lowest BCUT2D eigenvalue weighted by atomic mass is 9.72. The zero-order valence-corrected chi connectivity index (χ0v) is 25.3. The van der Waals surface area contributed by atoms with Crippen molar-refractivity contribution in [2.24, 2.45) is 0 Å². The first kappa shape index (κ1) is 21.9. The van der Waals surface area contributed by atoms with Gasteiger partial charge in [-0.1, -0.05) is 62.6 Å². The van der Waals surface area contributed by atoms with E-state index in [4.69, 9.17) is 0 Å². The molecule has 9 aromatic carbocycles. The van der Waals surface area contributed by atoms with E-state index in [9.17, 15) is 0 Å². The zero-order chi connectivity index (χ0) is 27.8. The van der Waals surface area contributed by atoms with Gasteiger partial charge < -0.3 is 4.48 Å². The largest absolute Gasteiger partial charge is 0.325 e. The SMILES string of the molecule is CCCCCCC1C2c3cc4c5c6c(cc7ccc8cc9c%10c%11c(cc(c%12c3c5c(c%12%11)c3c%10c8c7c63)C2C[N+]1(C)C)C9)C4. The molecule has 0 radical (unpaired) electrons. The average molecular weight is 553 g/mol. The summed E-state index contributed by atoms with van der Waals surface area (Å²) >= 11 is 0. The van der Waals surface area contributed by atoms with Crippen molar-refractivity contribution in [2.45, 2.75) is 69.7 Å². The molecule has 4 aliphatic rings. The molecule has 43 heavy (non-hydrogen) atoms. The van der Waals surface area contributed by atoms with E-state index in [2.05, 4.69) is 57.4 Å². The predicted octanol–water partition coefficient (Wildman–Crippen LogP) is 10.5. The van der Waals surface area contributed by atoms with Crippen LogP contribution < -0.4 is 0 Å². The molecule has 3 aliphatic carbocycles. The van der Waals surface area contributed by atoms with E-state index in [0.717, 1.165) is 12.8 Å². The van der Waals surface area contributed by atoms with Gasteiger partial charge in [-0.3, -0.25) is 0 Å². The van der Waals surface area contributed by atoms with Crippen molar-refractivity contribution in [1.29, 1.82) is 0 Å². The molecule has 3 atom stereocenters. The van der Waals surface area contributed by atoms with E-state index in [1.165, 1.54) is 53.9 Å². The van der Waals surface area contributed by atoms with Crippen LogP contribution in [0.4, 0.5) is 0 Å². The summed E-state index contributed by atoms with van der Waals surface area (Å²) in [6.45, 7) is 3.62. The average Bonchev–Trinajstić information content (AvgIpc) is 3.77. The highest BCUT2D eigenvalue weighted by Gasteiger charge is 2.54. The Bertz CT molecular complexity index is 2690. The third-order valence-electron chi connectivity index (χ3n) is 13.7. The van der Waals surface area contributed by atoms with Gasteiger partial charge in [0.2, 0.25) is 0 Å². The van der Waals surface area contributed by atoms with Crippen LogP contribution in [0, 0.1) is 0 Å².